The van der Waals surface area contributed by atoms with Gasteiger partial charge in [0.2, 0.25) is 0 Å². The first-order valence-electron chi connectivity index (χ1n) is 6.99. The van der Waals surface area contributed by atoms with Gasteiger partial charge in [0, 0.05) is 12.8 Å². The quantitative estimate of drug-likeness (QED) is 0.867. The fourth-order valence-electron chi connectivity index (χ4n) is 2.64. The SMILES string of the molecule is CC(C)(C)OC(=O)N1c2ccccc2CC1(CC=O)C(=O)O. The van der Waals surface area contributed by atoms with Gasteiger partial charge < -0.3 is 14.6 Å². The first-order valence-corrected chi connectivity index (χ1v) is 6.99. The van der Waals surface area contributed by atoms with Gasteiger partial charge in [-0.15, -0.1) is 0 Å². The summed E-state index contributed by atoms with van der Waals surface area (Å²) in [7, 11) is 0. The second-order valence-electron chi connectivity index (χ2n) is 6.33. The van der Waals surface area contributed by atoms with Crippen LogP contribution in [0.2, 0.25) is 0 Å². The maximum atomic E-state index is 12.5. The number of fused-ring (bicyclic) bond motifs is 1. The van der Waals surface area contributed by atoms with Crippen molar-refractivity contribution in [2.45, 2.75) is 44.8 Å². The van der Waals surface area contributed by atoms with Crippen molar-refractivity contribution >= 4 is 24.0 Å². The molecule has 22 heavy (non-hydrogen) atoms. The number of carbonyl (C=O) groups excluding carboxylic acids is 2. The lowest BCUT2D eigenvalue weighted by atomic mass is 9.91. The highest BCUT2D eigenvalue weighted by Crippen LogP contribution is 2.41. The Balaban J connectivity index is 2.53. The van der Waals surface area contributed by atoms with E-state index in [1.807, 2.05) is 0 Å². The largest absolute Gasteiger partial charge is 0.479 e. The normalized spacial score (nSPS) is 20.4. The zero-order valence-electron chi connectivity index (χ0n) is 12.8. The van der Waals surface area contributed by atoms with Crippen LogP contribution < -0.4 is 4.90 Å². The molecule has 1 aliphatic heterocycles. The summed E-state index contributed by atoms with van der Waals surface area (Å²) in [5.41, 5.74) is -1.22. The first kappa shape index (κ1) is 16.0. The molecule has 1 N–H and O–H groups in total. The molecule has 1 heterocycles. The number of para-hydroxylation sites is 1. The Morgan fingerprint density at radius 1 is 1.36 bits per heavy atom. The number of carboxylic acid groups (broad SMARTS) is 1. The number of carbonyl (C=O) groups is 3. The lowest BCUT2D eigenvalue weighted by Crippen LogP contribution is -2.57. The Kier molecular flexibility index (Phi) is 3.96. The molecule has 1 amide bonds. The number of anilines is 1. The van der Waals surface area contributed by atoms with Crippen molar-refractivity contribution in [1.82, 2.24) is 0 Å². The van der Waals surface area contributed by atoms with Crippen LogP contribution in [0.1, 0.15) is 32.8 Å². The molecule has 0 aromatic heterocycles. The molecular formula is C16H19NO5. The second kappa shape index (κ2) is 5.44. The monoisotopic (exact) mass is 305 g/mol. The molecule has 1 aliphatic rings. The van der Waals surface area contributed by atoms with E-state index in [1.54, 1.807) is 45.0 Å². The minimum absolute atomic E-state index is 0.0799. The highest BCUT2D eigenvalue weighted by molar-refractivity contribution is 6.02. The maximum Gasteiger partial charge on any atom is 0.415 e. The summed E-state index contributed by atoms with van der Waals surface area (Å²) in [5.74, 6) is -1.22. The van der Waals surface area contributed by atoms with Crippen molar-refractivity contribution < 1.29 is 24.2 Å². The zero-order chi connectivity index (χ0) is 16.5. The van der Waals surface area contributed by atoms with Gasteiger partial charge in [-0.25, -0.2) is 9.59 Å². The Morgan fingerprint density at radius 2 is 2.00 bits per heavy atom. The number of nitrogens with zero attached hydrogens (tertiary/aromatic N) is 1. The molecule has 0 fully saturated rings. The van der Waals surface area contributed by atoms with Crippen LogP contribution in [0, 0.1) is 0 Å². The van der Waals surface area contributed by atoms with Gasteiger partial charge in [-0.3, -0.25) is 4.90 Å². The van der Waals surface area contributed by atoms with Gasteiger partial charge in [0.15, 0.2) is 5.54 Å². The van der Waals surface area contributed by atoms with Gasteiger partial charge in [-0.05, 0) is 32.4 Å². The van der Waals surface area contributed by atoms with Gasteiger partial charge in [0.25, 0.3) is 0 Å². The molecule has 1 aromatic rings. The Labute approximate surface area is 128 Å². The average Bonchev–Trinajstić information content (AvgIpc) is 2.72. The second-order valence-corrected chi connectivity index (χ2v) is 6.33. The van der Waals surface area contributed by atoms with E-state index >= 15 is 0 Å². The summed E-state index contributed by atoms with van der Waals surface area (Å²) in [5, 5.41) is 9.68. The summed E-state index contributed by atoms with van der Waals surface area (Å²) in [6.45, 7) is 5.11. The number of carboxylic acids is 1. The van der Waals surface area contributed by atoms with Crippen LogP contribution in [0.25, 0.3) is 0 Å². The van der Waals surface area contributed by atoms with Crippen molar-refractivity contribution in [3.63, 3.8) is 0 Å². The fraction of sp³-hybridized carbons (Fsp3) is 0.438. The van der Waals surface area contributed by atoms with Crippen molar-refractivity contribution in [1.29, 1.82) is 0 Å². The molecule has 1 unspecified atom stereocenters. The van der Waals surface area contributed by atoms with Crippen molar-refractivity contribution in [3.8, 4) is 0 Å². The molecule has 2 rings (SSSR count). The van der Waals surface area contributed by atoms with Crippen LogP contribution in [0.3, 0.4) is 0 Å². The van der Waals surface area contributed by atoms with Crippen LogP contribution >= 0.6 is 0 Å². The van der Waals surface area contributed by atoms with Crippen LogP contribution in [0.4, 0.5) is 10.5 Å². The van der Waals surface area contributed by atoms with E-state index in [2.05, 4.69) is 0 Å². The minimum atomic E-state index is -1.63. The van der Waals surface area contributed by atoms with E-state index in [1.165, 1.54) is 0 Å². The molecule has 0 bridgehead atoms. The van der Waals surface area contributed by atoms with Crippen molar-refractivity contribution in [2.75, 3.05) is 4.90 Å². The van der Waals surface area contributed by atoms with E-state index in [9.17, 15) is 19.5 Å². The topological polar surface area (TPSA) is 83.9 Å². The molecule has 118 valence electrons. The Hall–Kier alpha value is -2.37. The van der Waals surface area contributed by atoms with E-state index in [4.69, 9.17) is 4.74 Å². The Bertz CT molecular complexity index is 619. The molecule has 0 saturated carbocycles. The molecule has 0 aliphatic carbocycles. The van der Waals surface area contributed by atoms with Crippen LogP contribution in [0.15, 0.2) is 24.3 Å². The first-order chi connectivity index (χ1) is 10.2. The Morgan fingerprint density at radius 3 is 2.55 bits per heavy atom. The number of ether oxygens (including phenoxy) is 1. The van der Waals surface area contributed by atoms with Crippen molar-refractivity contribution in [3.05, 3.63) is 29.8 Å². The van der Waals surface area contributed by atoms with Gasteiger partial charge in [0.1, 0.15) is 11.9 Å². The summed E-state index contributed by atoms with van der Waals surface area (Å²) in [6, 6.07) is 6.90. The van der Waals surface area contributed by atoms with Gasteiger partial charge in [-0.2, -0.15) is 0 Å². The molecule has 0 saturated heterocycles. The predicted octanol–water partition coefficient (Wildman–Crippen LogP) is 2.40. The van der Waals surface area contributed by atoms with Gasteiger partial charge in [0.05, 0.1) is 5.69 Å². The number of rotatable bonds is 3. The van der Waals surface area contributed by atoms with E-state index in [0.29, 0.717) is 17.5 Å². The van der Waals surface area contributed by atoms with Crippen molar-refractivity contribution in [2.24, 2.45) is 0 Å². The highest BCUT2D eigenvalue weighted by atomic mass is 16.6. The maximum absolute atomic E-state index is 12.5. The standard InChI is InChI=1S/C16H19NO5/c1-15(2,3)22-14(21)17-12-7-5-4-6-11(12)10-16(17,8-9-18)13(19)20/h4-7,9H,8,10H2,1-3H3,(H,19,20). The lowest BCUT2D eigenvalue weighted by Gasteiger charge is -2.35. The van der Waals surface area contributed by atoms with E-state index in [-0.39, 0.29) is 12.8 Å². The van der Waals surface area contributed by atoms with E-state index in [0.717, 1.165) is 4.90 Å². The minimum Gasteiger partial charge on any atom is -0.479 e. The highest BCUT2D eigenvalue weighted by Gasteiger charge is 2.53. The van der Waals surface area contributed by atoms with E-state index < -0.39 is 23.2 Å². The molecule has 1 atom stereocenters. The number of benzene rings is 1. The number of hydrogen-bond donors (Lipinski definition) is 1. The molecule has 0 radical (unpaired) electrons. The van der Waals surface area contributed by atoms with Crippen LogP contribution in [-0.2, 0) is 20.7 Å². The molecule has 6 heteroatoms. The van der Waals surface area contributed by atoms with Crippen LogP contribution in [-0.4, -0.2) is 34.6 Å². The molecular weight excluding hydrogens is 286 g/mol. The van der Waals surface area contributed by atoms with Gasteiger partial charge >= 0.3 is 12.1 Å². The molecule has 0 spiro atoms. The zero-order valence-corrected chi connectivity index (χ0v) is 12.8. The summed E-state index contributed by atoms with van der Waals surface area (Å²) in [4.78, 5) is 36.5. The third-order valence-electron chi connectivity index (χ3n) is 3.54. The third-order valence-corrected chi connectivity index (χ3v) is 3.54. The fourth-order valence-corrected chi connectivity index (χ4v) is 2.64. The van der Waals surface area contributed by atoms with Gasteiger partial charge in [-0.1, -0.05) is 18.2 Å². The number of amides is 1. The third kappa shape index (κ3) is 2.68. The average molecular weight is 305 g/mol. The summed E-state index contributed by atoms with van der Waals surface area (Å²) in [6.07, 6.45) is -0.453. The summed E-state index contributed by atoms with van der Waals surface area (Å²) < 4.78 is 5.34. The molecule has 6 nitrogen and oxygen atoms in total. The lowest BCUT2D eigenvalue weighted by molar-refractivity contribution is -0.144. The number of hydrogen-bond acceptors (Lipinski definition) is 4. The summed E-state index contributed by atoms with van der Waals surface area (Å²) >= 11 is 0. The van der Waals surface area contributed by atoms with Crippen LogP contribution in [0.5, 0.6) is 0 Å². The smallest absolute Gasteiger partial charge is 0.415 e. The number of aldehydes is 1. The molecule has 1 aromatic carbocycles. The number of aliphatic carboxylic acids is 1. The predicted molar refractivity (Wildman–Crippen MR) is 79.9 cm³/mol.